The second-order valence-electron chi connectivity index (χ2n) is 22.9. The summed E-state index contributed by atoms with van der Waals surface area (Å²) >= 11 is 8.17. The number of amides is 4. The highest BCUT2D eigenvalue weighted by Crippen LogP contribution is 2.37. The minimum absolute atomic E-state index is 0.0152. The van der Waals surface area contributed by atoms with Crippen LogP contribution in [0.25, 0.3) is 10.4 Å². The molecular weight excluding hydrogens is 1060 g/mol. The number of carbonyl (C=O) groups excluding carboxylic acids is 4. The van der Waals surface area contributed by atoms with Crippen molar-refractivity contribution in [1.82, 2.24) is 40.3 Å². The Labute approximate surface area is 475 Å². The van der Waals surface area contributed by atoms with Crippen molar-refractivity contribution < 1.29 is 33.6 Å². The molecule has 2 aromatic heterocycles. The molecule has 0 bridgehead atoms. The fourth-order valence-electron chi connectivity index (χ4n) is 11.2. The molecule has 3 aromatic carbocycles. The van der Waals surface area contributed by atoms with E-state index in [0.29, 0.717) is 48.3 Å². The van der Waals surface area contributed by atoms with Crippen LogP contribution in [0, 0.1) is 12.3 Å². The average molecular weight is 1140 g/mol. The number of nitrogens with zero attached hydrogens (tertiary/aromatic N) is 7. The minimum Gasteiger partial charge on any atom is -0.496 e. The standard InChI is InChI=1S/C60H79ClN9O7PS/c1-40-56(79-39-64-40)42-20-18-41(19-21-42)36-63-58(74)50-35-47(71)38-70(50)59(75)57(60(2,3)4)66-54(72)16-10-8-9-11-17-55(73)69-30-28-68(29-31-69)45-24-26-67(27-25-45)46-23-22-43(51(34-46)77-5)33-53-62-37-48(61)49(65-53)32-44-14-12-13-15-52(44)78(6,7)76/h12-15,18-23,34,37,39,45,47,50,57,71H,8-11,16-17,24-33,35-36,38H2,1-7H3,(H,63,74)(H,66,72)/t47-,50+,57-/m1/s1. The Balaban J connectivity index is 0.718. The van der Waals surface area contributed by atoms with E-state index < -0.39 is 30.7 Å². The van der Waals surface area contributed by atoms with E-state index in [2.05, 4.69) is 48.6 Å². The van der Waals surface area contributed by atoms with Gasteiger partial charge < -0.3 is 39.7 Å². The summed E-state index contributed by atoms with van der Waals surface area (Å²) in [5, 5.41) is 17.9. The summed E-state index contributed by atoms with van der Waals surface area (Å²) in [6.07, 6.45) is 7.64. The van der Waals surface area contributed by atoms with Crippen molar-refractivity contribution in [3.63, 3.8) is 0 Å². The van der Waals surface area contributed by atoms with Gasteiger partial charge in [0.25, 0.3) is 0 Å². The number of piperidine rings is 1. The van der Waals surface area contributed by atoms with Crippen molar-refractivity contribution in [2.45, 2.75) is 129 Å². The molecule has 4 amide bonds. The van der Waals surface area contributed by atoms with Crippen molar-refractivity contribution in [3.05, 3.63) is 117 Å². The lowest BCUT2D eigenvalue weighted by Gasteiger charge is -2.43. The number of hydrogen-bond acceptors (Lipinski definition) is 13. The molecule has 16 nitrogen and oxygen atoms in total. The van der Waals surface area contributed by atoms with Gasteiger partial charge in [-0.05, 0) is 74.1 Å². The Kier molecular flexibility index (Phi) is 20.1. The number of aryl methyl sites for hydroxylation is 1. The number of unbranched alkanes of at least 4 members (excludes halogenated alkanes) is 3. The number of benzene rings is 3. The van der Waals surface area contributed by atoms with Crippen molar-refractivity contribution in [2.24, 2.45) is 5.41 Å². The summed E-state index contributed by atoms with van der Waals surface area (Å²) in [5.41, 5.74) is 7.86. The number of thiazole rings is 1. The smallest absolute Gasteiger partial charge is 0.246 e. The highest BCUT2D eigenvalue weighted by molar-refractivity contribution is 7.70. The number of aromatic nitrogens is 3. The van der Waals surface area contributed by atoms with Crippen LogP contribution in [0.1, 0.15) is 112 Å². The number of hydrogen-bond donors (Lipinski definition) is 3. The fourth-order valence-corrected chi connectivity index (χ4v) is 13.4. The Hall–Kier alpha value is -5.71. The molecule has 5 heterocycles. The molecule has 0 saturated carbocycles. The predicted octanol–water partition coefficient (Wildman–Crippen LogP) is 8.26. The Bertz CT molecular complexity index is 2970. The highest BCUT2D eigenvalue weighted by atomic mass is 35.5. The first-order valence-corrected chi connectivity index (χ1v) is 31.7. The maximum Gasteiger partial charge on any atom is 0.246 e. The Morgan fingerprint density at radius 3 is 2.27 bits per heavy atom. The number of methoxy groups -OCH3 is 1. The largest absolute Gasteiger partial charge is 0.496 e. The average Bonchev–Trinajstić information content (AvgIpc) is 4.19. The van der Waals surface area contributed by atoms with Gasteiger partial charge in [0.15, 0.2) is 0 Å². The van der Waals surface area contributed by atoms with Crippen LogP contribution in [0.5, 0.6) is 5.75 Å². The number of rotatable bonds is 21. The van der Waals surface area contributed by atoms with Gasteiger partial charge in [-0.3, -0.25) is 24.1 Å². The van der Waals surface area contributed by atoms with Crippen LogP contribution in [-0.2, 0) is 43.1 Å². The third kappa shape index (κ3) is 15.6. The second-order valence-corrected chi connectivity index (χ2v) is 27.3. The zero-order valence-electron chi connectivity index (χ0n) is 47.0. The molecule has 3 fully saturated rings. The number of ether oxygens (including phenoxy) is 1. The number of β-amino-alcohol motifs (C(OH)–C–C–N with tert-alkyl or cyclic N) is 1. The van der Waals surface area contributed by atoms with E-state index in [4.69, 9.17) is 21.3 Å². The quantitative estimate of drug-likeness (QED) is 0.0472. The van der Waals surface area contributed by atoms with Gasteiger partial charge in [-0.15, -0.1) is 11.3 Å². The van der Waals surface area contributed by atoms with Crippen molar-refractivity contribution in [1.29, 1.82) is 0 Å². The van der Waals surface area contributed by atoms with E-state index in [0.717, 1.165) is 121 Å². The van der Waals surface area contributed by atoms with E-state index in [1.54, 1.807) is 38.0 Å². The number of aliphatic hydroxyl groups excluding tert-OH is 1. The molecule has 3 N–H and O–H groups in total. The van der Waals surface area contributed by atoms with Gasteiger partial charge in [-0.1, -0.05) is 99.8 Å². The van der Waals surface area contributed by atoms with E-state index in [1.807, 2.05) is 86.6 Å². The summed E-state index contributed by atoms with van der Waals surface area (Å²) in [7, 11) is -0.801. The first kappa shape index (κ1) is 59.4. The highest BCUT2D eigenvalue weighted by Gasteiger charge is 2.44. The summed E-state index contributed by atoms with van der Waals surface area (Å²) in [4.78, 5) is 77.4. The molecule has 0 unspecified atom stereocenters. The summed E-state index contributed by atoms with van der Waals surface area (Å²) < 4.78 is 18.9. The van der Waals surface area contributed by atoms with E-state index in [-0.39, 0.29) is 49.6 Å². The molecule has 3 aliphatic rings. The molecule has 8 rings (SSSR count). The second kappa shape index (κ2) is 26.7. The molecule has 0 aliphatic carbocycles. The van der Waals surface area contributed by atoms with Crippen LogP contribution < -0.4 is 25.6 Å². The van der Waals surface area contributed by atoms with Crippen molar-refractivity contribution in [3.8, 4) is 16.2 Å². The number of carbonyl (C=O) groups is 4. The third-order valence-electron chi connectivity index (χ3n) is 15.7. The SMILES string of the molecule is COc1cc(N2CCC(N3CCN(C(=O)CCCCCCC(=O)N[C@H](C(=O)N4C[C@H](O)C[C@H]4C(=O)NCc4ccc(-c5scnc5C)cc4)C(C)(C)C)CC3)CC2)ccc1Cc1ncc(Cl)c(Cc2ccccc2P(C)(C)=O)n1. The van der Waals surface area contributed by atoms with Crippen molar-refractivity contribution in [2.75, 3.05) is 71.2 Å². The summed E-state index contributed by atoms with van der Waals surface area (Å²) in [5.74, 6) is 0.636. The molecule has 3 saturated heterocycles. The molecule has 3 atom stereocenters. The van der Waals surface area contributed by atoms with Gasteiger partial charge in [0, 0.05) is 119 Å². The Morgan fingerprint density at radius 2 is 1.59 bits per heavy atom. The van der Waals surface area contributed by atoms with Gasteiger partial charge >= 0.3 is 0 Å². The number of piperazine rings is 1. The molecule has 0 radical (unpaired) electrons. The molecular formula is C60H79ClN9O7PS. The van der Waals surface area contributed by atoms with Crippen LogP contribution in [-0.4, -0.2) is 149 Å². The summed E-state index contributed by atoms with van der Waals surface area (Å²) in [6, 6.07) is 20.8. The Morgan fingerprint density at radius 1 is 0.886 bits per heavy atom. The fraction of sp³-hybridized carbons (Fsp3) is 0.517. The van der Waals surface area contributed by atoms with Gasteiger partial charge in [0.1, 0.15) is 30.8 Å². The number of aliphatic hydroxyl groups is 1. The van der Waals surface area contributed by atoms with Gasteiger partial charge in [0.05, 0.1) is 40.0 Å². The van der Waals surface area contributed by atoms with E-state index >= 15 is 0 Å². The maximum absolute atomic E-state index is 14.1. The molecule has 79 heavy (non-hydrogen) atoms. The number of halogens is 1. The lowest BCUT2D eigenvalue weighted by molar-refractivity contribution is -0.144. The van der Waals surface area contributed by atoms with Crippen molar-refractivity contribution >= 4 is 64.7 Å². The number of nitrogens with one attached hydrogen (secondary N) is 2. The van der Waals surface area contributed by atoms with Gasteiger partial charge in [0.2, 0.25) is 23.6 Å². The zero-order valence-corrected chi connectivity index (χ0v) is 49.5. The maximum atomic E-state index is 14.1. The predicted molar refractivity (Wildman–Crippen MR) is 314 cm³/mol. The lowest BCUT2D eigenvalue weighted by atomic mass is 9.85. The molecule has 424 valence electrons. The van der Waals surface area contributed by atoms with E-state index in [9.17, 15) is 28.8 Å². The summed E-state index contributed by atoms with van der Waals surface area (Å²) in [6.45, 7) is 16.5. The first-order chi connectivity index (χ1) is 37.7. The number of anilines is 1. The monoisotopic (exact) mass is 1140 g/mol. The number of likely N-dealkylation sites (tertiary alicyclic amines) is 1. The molecule has 0 spiro atoms. The molecule has 3 aliphatic heterocycles. The normalized spacial score (nSPS) is 17.9. The van der Waals surface area contributed by atoms with Crippen LogP contribution in [0.4, 0.5) is 5.69 Å². The minimum atomic E-state index is -2.49. The van der Waals surface area contributed by atoms with E-state index in [1.165, 1.54) is 4.90 Å². The zero-order chi connectivity index (χ0) is 56.4. The van der Waals surface area contributed by atoms with Gasteiger partial charge in [-0.2, -0.15) is 0 Å². The first-order valence-electron chi connectivity index (χ1n) is 27.9. The lowest BCUT2D eigenvalue weighted by Crippen LogP contribution is -2.57. The van der Waals surface area contributed by atoms with Crippen LogP contribution in [0.15, 0.2) is 78.4 Å². The van der Waals surface area contributed by atoms with Crippen LogP contribution in [0.3, 0.4) is 0 Å². The van der Waals surface area contributed by atoms with Gasteiger partial charge in [-0.25, -0.2) is 15.0 Å². The van der Waals surface area contributed by atoms with Crippen LogP contribution in [0.2, 0.25) is 5.02 Å². The molecule has 5 aromatic rings. The topological polar surface area (TPSA) is 190 Å². The third-order valence-corrected chi connectivity index (χ3v) is 18.6. The molecule has 19 heteroatoms. The van der Waals surface area contributed by atoms with Crippen LogP contribution >= 0.6 is 30.1 Å².